The molecule has 0 saturated carbocycles. The van der Waals surface area contributed by atoms with E-state index in [1.807, 2.05) is 31.2 Å². The van der Waals surface area contributed by atoms with Gasteiger partial charge in [-0.3, -0.25) is 4.79 Å². The minimum atomic E-state index is -3.56. The largest absolute Gasteiger partial charge is 0.483 e. The van der Waals surface area contributed by atoms with Crippen molar-refractivity contribution in [3.8, 4) is 5.75 Å². The minimum absolute atomic E-state index is 0.158. The fraction of sp³-hybridized carbons (Fsp3) is 0.381. The number of carbonyl (C=O) groups is 1. The van der Waals surface area contributed by atoms with Gasteiger partial charge in [-0.25, -0.2) is 8.42 Å². The Labute approximate surface area is 171 Å². The van der Waals surface area contributed by atoms with Crippen LogP contribution in [0.2, 0.25) is 0 Å². The van der Waals surface area contributed by atoms with Gasteiger partial charge in [-0.15, -0.1) is 0 Å². The lowest BCUT2D eigenvalue weighted by atomic mass is 10.1. The Morgan fingerprint density at radius 1 is 1.17 bits per heavy atom. The maximum absolute atomic E-state index is 12.7. The number of amides is 1. The number of ether oxygens (including phenoxy) is 2. The van der Waals surface area contributed by atoms with Crippen LogP contribution in [-0.2, 0) is 26.0 Å². The molecule has 0 bridgehead atoms. The molecule has 0 unspecified atom stereocenters. The predicted octanol–water partition coefficient (Wildman–Crippen LogP) is 2.60. The third-order valence-corrected chi connectivity index (χ3v) is 6.68. The van der Waals surface area contributed by atoms with E-state index in [1.54, 1.807) is 19.1 Å². The molecule has 7 nitrogen and oxygen atoms in total. The first-order valence-electron chi connectivity index (χ1n) is 9.61. The van der Waals surface area contributed by atoms with E-state index < -0.39 is 10.0 Å². The lowest BCUT2D eigenvalue weighted by Crippen LogP contribution is -2.40. The number of sulfonamides is 1. The highest BCUT2D eigenvalue weighted by Gasteiger charge is 2.26. The Hall–Kier alpha value is -2.42. The summed E-state index contributed by atoms with van der Waals surface area (Å²) in [6.45, 7) is 5.12. The summed E-state index contributed by atoms with van der Waals surface area (Å²) in [6.07, 6.45) is 0.815. The maximum atomic E-state index is 12.7. The smallest absolute Gasteiger partial charge is 0.262 e. The van der Waals surface area contributed by atoms with Crippen LogP contribution in [0.1, 0.15) is 18.1 Å². The minimum Gasteiger partial charge on any atom is -0.483 e. The zero-order chi connectivity index (χ0) is 20.9. The highest BCUT2D eigenvalue weighted by molar-refractivity contribution is 7.89. The first-order valence-corrected chi connectivity index (χ1v) is 11.0. The van der Waals surface area contributed by atoms with Crippen molar-refractivity contribution in [3.63, 3.8) is 0 Å². The van der Waals surface area contributed by atoms with Gasteiger partial charge in [0.1, 0.15) is 5.75 Å². The van der Waals surface area contributed by atoms with Crippen molar-refractivity contribution in [2.45, 2.75) is 25.2 Å². The number of anilines is 1. The van der Waals surface area contributed by atoms with Gasteiger partial charge < -0.3 is 14.8 Å². The first kappa shape index (κ1) is 21.3. The Morgan fingerprint density at radius 3 is 2.59 bits per heavy atom. The third-order valence-electron chi connectivity index (χ3n) is 4.79. The second-order valence-corrected chi connectivity index (χ2v) is 8.73. The molecule has 0 aromatic heterocycles. The number of para-hydroxylation sites is 1. The number of nitrogens with zero attached hydrogens (tertiary/aromatic N) is 1. The average molecular weight is 419 g/mol. The van der Waals surface area contributed by atoms with Gasteiger partial charge in [0.25, 0.3) is 5.91 Å². The summed E-state index contributed by atoms with van der Waals surface area (Å²) >= 11 is 0. The molecule has 1 heterocycles. The molecule has 0 spiro atoms. The topological polar surface area (TPSA) is 84.9 Å². The van der Waals surface area contributed by atoms with E-state index in [0.717, 1.165) is 17.7 Å². The molecule has 0 aliphatic carbocycles. The van der Waals surface area contributed by atoms with Crippen molar-refractivity contribution in [1.82, 2.24) is 4.31 Å². The molecule has 0 atom stereocenters. The summed E-state index contributed by atoms with van der Waals surface area (Å²) in [6, 6.07) is 12.3. The maximum Gasteiger partial charge on any atom is 0.262 e. The van der Waals surface area contributed by atoms with Crippen molar-refractivity contribution in [1.29, 1.82) is 0 Å². The molecule has 2 aromatic carbocycles. The van der Waals surface area contributed by atoms with Crippen LogP contribution < -0.4 is 10.1 Å². The monoisotopic (exact) mass is 418 g/mol. The van der Waals surface area contributed by atoms with E-state index in [4.69, 9.17) is 9.47 Å². The fourth-order valence-electron chi connectivity index (χ4n) is 3.16. The second-order valence-electron chi connectivity index (χ2n) is 6.79. The Balaban J connectivity index is 1.64. The van der Waals surface area contributed by atoms with Crippen molar-refractivity contribution >= 4 is 21.6 Å². The van der Waals surface area contributed by atoms with Crippen LogP contribution in [0.3, 0.4) is 0 Å². The molecule has 1 aliphatic rings. The van der Waals surface area contributed by atoms with Crippen LogP contribution in [0.15, 0.2) is 47.4 Å². The highest BCUT2D eigenvalue weighted by atomic mass is 32.2. The molecule has 3 rings (SSSR count). The van der Waals surface area contributed by atoms with E-state index >= 15 is 0 Å². The second kappa shape index (κ2) is 9.39. The van der Waals surface area contributed by atoms with Gasteiger partial charge in [-0.1, -0.05) is 25.1 Å². The number of rotatable bonds is 7. The molecule has 1 saturated heterocycles. The van der Waals surface area contributed by atoms with Crippen LogP contribution in [-0.4, -0.2) is 51.5 Å². The number of aryl methyl sites for hydroxylation is 2. The van der Waals surface area contributed by atoms with Crippen LogP contribution in [0.5, 0.6) is 5.75 Å². The summed E-state index contributed by atoms with van der Waals surface area (Å²) in [5.41, 5.74) is 2.48. The Morgan fingerprint density at radius 2 is 1.90 bits per heavy atom. The van der Waals surface area contributed by atoms with Gasteiger partial charge in [0.15, 0.2) is 6.61 Å². The van der Waals surface area contributed by atoms with Crippen LogP contribution >= 0.6 is 0 Å². The van der Waals surface area contributed by atoms with E-state index in [1.165, 1.54) is 10.4 Å². The number of nitrogens with one attached hydrogen (secondary N) is 1. The lowest BCUT2D eigenvalue weighted by Gasteiger charge is -2.26. The summed E-state index contributed by atoms with van der Waals surface area (Å²) in [5, 5.41) is 2.85. The first-order chi connectivity index (χ1) is 13.9. The summed E-state index contributed by atoms with van der Waals surface area (Å²) < 4.78 is 37.8. The van der Waals surface area contributed by atoms with Crippen LogP contribution in [0.25, 0.3) is 0 Å². The molecular formula is C21H26N2O5S. The van der Waals surface area contributed by atoms with Crippen LogP contribution in [0, 0.1) is 6.92 Å². The molecule has 156 valence electrons. The molecular weight excluding hydrogens is 392 g/mol. The van der Waals surface area contributed by atoms with Crippen molar-refractivity contribution in [3.05, 3.63) is 53.6 Å². The molecule has 2 aromatic rings. The van der Waals surface area contributed by atoms with Gasteiger partial charge in [-0.2, -0.15) is 4.31 Å². The molecule has 1 N–H and O–H groups in total. The van der Waals surface area contributed by atoms with Crippen molar-refractivity contribution < 1.29 is 22.7 Å². The summed E-state index contributed by atoms with van der Waals surface area (Å²) in [5.74, 6) is 0.208. The lowest BCUT2D eigenvalue weighted by molar-refractivity contribution is -0.118. The standard InChI is InChI=1S/C21H26N2O5S/c1-3-17-6-4-5-7-19(17)22-21(24)15-28-20-9-8-18(14-16(20)2)29(25,26)23-10-12-27-13-11-23/h4-9,14H,3,10-13,15H2,1-2H3,(H,22,24). The molecule has 1 fully saturated rings. The normalized spacial score (nSPS) is 15.1. The van der Waals surface area contributed by atoms with Gasteiger partial charge >= 0.3 is 0 Å². The molecule has 1 amide bonds. The van der Waals surface area contributed by atoms with E-state index in [-0.39, 0.29) is 17.4 Å². The van der Waals surface area contributed by atoms with Gasteiger partial charge in [0.2, 0.25) is 10.0 Å². The predicted molar refractivity (Wildman–Crippen MR) is 111 cm³/mol. The average Bonchev–Trinajstić information content (AvgIpc) is 2.73. The third kappa shape index (κ3) is 5.14. The number of hydrogen-bond donors (Lipinski definition) is 1. The summed E-state index contributed by atoms with van der Waals surface area (Å²) in [7, 11) is -3.56. The quantitative estimate of drug-likeness (QED) is 0.747. The SMILES string of the molecule is CCc1ccccc1NC(=O)COc1ccc(S(=O)(=O)N2CCOCC2)cc1C. The Bertz CT molecular complexity index is 969. The highest BCUT2D eigenvalue weighted by Crippen LogP contribution is 2.24. The number of hydrogen-bond acceptors (Lipinski definition) is 5. The van der Waals surface area contributed by atoms with Gasteiger partial charge in [0.05, 0.1) is 18.1 Å². The van der Waals surface area contributed by atoms with E-state index in [0.29, 0.717) is 37.6 Å². The molecule has 8 heteroatoms. The fourth-order valence-corrected chi connectivity index (χ4v) is 4.65. The van der Waals surface area contributed by atoms with Crippen LogP contribution in [0.4, 0.5) is 5.69 Å². The number of morpholine rings is 1. The Kier molecular flexibility index (Phi) is 6.89. The van der Waals surface area contributed by atoms with Crippen molar-refractivity contribution in [2.75, 3.05) is 38.2 Å². The molecule has 29 heavy (non-hydrogen) atoms. The van der Waals surface area contributed by atoms with Gasteiger partial charge in [0, 0.05) is 18.8 Å². The summed E-state index contributed by atoms with van der Waals surface area (Å²) in [4.78, 5) is 12.5. The molecule has 0 radical (unpaired) electrons. The zero-order valence-corrected chi connectivity index (χ0v) is 17.5. The number of benzene rings is 2. The van der Waals surface area contributed by atoms with Gasteiger partial charge in [-0.05, 0) is 48.7 Å². The zero-order valence-electron chi connectivity index (χ0n) is 16.7. The van der Waals surface area contributed by atoms with Crippen molar-refractivity contribution in [2.24, 2.45) is 0 Å². The van der Waals surface area contributed by atoms with E-state index in [9.17, 15) is 13.2 Å². The number of carbonyl (C=O) groups excluding carboxylic acids is 1. The molecule has 1 aliphatic heterocycles. The van der Waals surface area contributed by atoms with E-state index in [2.05, 4.69) is 5.32 Å².